The Morgan fingerprint density at radius 1 is 0.543 bits per heavy atom. The van der Waals surface area contributed by atoms with Gasteiger partial charge in [-0.1, -0.05) is 80.1 Å². The standard InChI is InChI=1S/C22H36O2Si.C10H15O.C9H14O/c1-5-9-11-13-19-15-17-21(23-19)25(7-3,8-4)22-18-16-20(24-22)14-12-10-6-2;1-3-4-5-6-10-8-7-9(2)11-10;1-2-3-4-6-9-7-5-8-10-9/h15-18H,5-14H2,1-4H3;5,7-8H,3-4,6H2,1-2H3;5,7-8H,2-4,6H2,1H3/q;+1;. The summed E-state index contributed by atoms with van der Waals surface area (Å²) >= 11 is 0. The van der Waals surface area contributed by atoms with Gasteiger partial charge in [-0.15, -0.1) is 0 Å². The third kappa shape index (κ3) is 13.9. The third-order valence-corrected chi connectivity index (χ3v) is 13.6. The molecule has 0 N–H and O–H groups in total. The Morgan fingerprint density at radius 3 is 1.48 bits per heavy atom. The van der Waals surface area contributed by atoms with Crippen molar-refractivity contribution in [2.24, 2.45) is 0 Å². The fourth-order valence-electron chi connectivity index (χ4n) is 5.75. The van der Waals surface area contributed by atoms with Gasteiger partial charge in [0.1, 0.15) is 35.2 Å². The highest BCUT2D eigenvalue weighted by molar-refractivity contribution is 7.00. The van der Waals surface area contributed by atoms with Gasteiger partial charge < -0.3 is 17.7 Å². The molecule has 4 aromatic heterocycles. The van der Waals surface area contributed by atoms with Gasteiger partial charge in [0.25, 0.3) is 0 Å². The highest BCUT2D eigenvalue weighted by atomic mass is 28.3. The van der Waals surface area contributed by atoms with Crippen LogP contribution in [0.3, 0.4) is 0 Å². The van der Waals surface area contributed by atoms with Crippen LogP contribution in [-0.2, 0) is 25.7 Å². The summed E-state index contributed by atoms with van der Waals surface area (Å²) in [4.78, 5) is 0. The van der Waals surface area contributed by atoms with Gasteiger partial charge in [-0.25, -0.2) is 0 Å². The second-order valence-electron chi connectivity index (χ2n) is 12.6. The molecule has 0 saturated carbocycles. The van der Waals surface area contributed by atoms with Crippen molar-refractivity contribution in [3.8, 4) is 0 Å². The van der Waals surface area contributed by atoms with Crippen molar-refractivity contribution < 1.29 is 17.7 Å². The van der Waals surface area contributed by atoms with Gasteiger partial charge in [-0.05, 0) is 93.2 Å². The van der Waals surface area contributed by atoms with Gasteiger partial charge in [-0.3, -0.25) is 0 Å². The summed E-state index contributed by atoms with van der Waals surface area (Å²) in [5.74, 6) is 5.50. The molecule has 256 valence electrons. The molecule has 5 heteroatoms. The van der Waals surface area contributed by atoms with Crippen LogP contribution >= 0.6 is 0 Å². The second kappa shape index (κ2) is 23.5. The average molecular weight is 650 g/mol. The highest BCUT2D eigenvalue weighted by Gasteiger charge is 2.40. The van der Waals surface area contributed by atoms with E-state index < -0.39 is 8.07 Å². The molecule has 0 aliphatic carbocycles. The van der Waals surface area contributed by atoms with Crippen LogP contribution in [0.1, 0.15) is 141 Å². The molecular formula is C41H65O4Si+. The molecule has 46 heavy (non-hydrogen) atoms. The Kier molecular flexibility index (Phi) is 20.1. The Hall–Kier alpha value is -2.79. The summed E-state index contributed by atoms with van der Waals surface area (Å²) in [5.41, 5.74) is 0. The van der Waals surface area contributed by atoms with Crippen LogP contribution < -0.4 is 10.8 Å². The van der Waals surface area contributed by atoms with Gasteiger partial charge >= 0.3 is 0 Å². The number of hydrogen-bond donors (Lipinski definition) is 0. The lowest BCUT2D eigenvalue weighted by Crippen LogP contribution is -2.56. The summed E-state index contributed by atoms with van der Waals surface area (Å²) in [6, 6.07) is 19.2. The van der Waals surface area contributed by atoms with Crippen molar-refractivity contribution in [1.29, 1.82) is 0 Å². The third-order valence-electron chi connectivity index (χ3n) is 8.77. The van der Waals surface area contributed by atoms with E-state index in [9.17, 15) is 0 Å². The molecular weight excluding hydrogens is 585 g/mol. The molecule has 0 bridgehead atoms. The van der Waals surface area contributed by atoms with Crippen LogP contribution in [0, 0.1) is 13.3 Å². The van der Waals surface area contributed by atoms with E-state index in [0.717, 1.165) is 66.6 Å². The van der Waals surface area contributed by atoms with E-state index in [4.69, 9.17) is 17.7 Å². The Balaban J connectivity index is 0.000000287. The van der Waals surface area contributed by atoms with Crippen molar-refractivity contribution in [2.45, 2.75) is 157 Å². The molecule has 0 aromatic carbocycles. The first-order valence-electron chi connectivity index (χ1n) is 18.5. The molecule has 4 rings (SSSR count). The van der Waals surface area contributed by atoms with E-state index in [1.165, 1.54) is 81.4 Å². The average Bonchev–Trinajstić information content (AvgIpc) is 3.90. The molecule has 0 aliphatic rings. The minimum Gasteiger partial charge on any atom is -0.471 e. The lowest BCUT2D eigenvalue weighted by molar-refractivity contribution is 0.489. The molecule has 4 aromatic rings. The number of rotatable bonds is 20. The fraction of sp³-hybridized carbons (Fsp3) is 0.585. The second-order valence-corrected chi connectivity index (χ2v) is 17.1. The van der Waals surface area contributed by atoms with Gasteiger partial charge in [0.05, 0.1) is 29.9 Å². The van der Waals surface area contributed by atoms with Crippen LogP contribution in [0.5, 0.6) is 0 Å². The topological polar surface area (TPSA) is 52.6 Å². The molecule has 0 aliphatic heterocycles. The minimum atomic E-state index is -1.88. The first-order valence-corrected chi connectivity index (χ1v) is 20.9. The lowest BCUT2D eigenvalue weighted by atomic mass is 10.2. The van der Waals surface area contributed by atoms with Crippen molar-refractivity contribution in [1.82, 2.24) is 0 Å². The van der Waals surface area contributed by atoms with E-state index in [2.05, 4.69) is 72.2 Å². The quantitative estimate of drug-likeness (QED) is 0.0543. The molecule has 0 unspecified atom stereocenters. The fourth-order valence-corrected chi connectivity index (χ4v) is 9.35. The molecule has 0 amide bonds. The van der Waals surface area contributed by atoms with Gasteiger partial charge in [0.15, 0.2) is 0 Å². The first-order chi connectivity index (χ1) is 22.5. The summed E-state index contributed by atoms with van der Waals surface area (Å²) in [6.07, 6.45) is 21.9. The number of unbranched alkanes of at least 4 members (excludes halogenated alkanes) is 8. The molecule has 0 saturated heterocycles. The van der Waals surface area contributed by atoms with Crippen LogP contribution in [0.2, 0.25) is 12.1 Å². The minimum absolute atomic E-state index is 0.974. The van der Waals surface area contributed by atoms with E-state index in [-0.39, 0.29) is 0 Å². The van der Waals surface area contributed by atoms with E-state index >= 15 is 0 Å². The van der Waals surface area contributed by atoms with Crippen molar-refractivity contribution in [2.75, 3.05) is 0 Å². The van der Waals surface area contributed by atoms with Crippen molar-refractivity contribution in [3.05, 3.63) is 90.0 Å². The Morgan fingerprint density at radius 2 is 1.07 bits per heavy atom. The largest absolute Gasteiger partial charge is 0.471 e. The maximum Gasteiger partial charge on any atom is 0.206 e. The zero-order valence-corrected chi connectivity index (χ0v) is 31.4. The van der Waals surface area contributed by atoms with Crippen molar-refractivity contribution in [3.63, 3.8) is 0 Å². The van der Waals surface area contributed by atoms with Crippen LogP contribution in [-0.4, -0.2) is 8.07 Å². The number of furan rings is 4. The first kappa shape index (κ1) is 39.4. The van der Waals surface area contributed by atoms with Gasteiger partial charge in [-0.2, -0.15) is 0 Å². The molecule has 0 radical (unpaired) electrons. The molecule has 0 fully saturated rings. The number of hydrogen-bond acceptors (Lipinski definition) is 4. The van der Waals surface area contributed by atoms with Gasteiger partial charge in [0, 0.05) is 19.3 Å². The smallest absolute Gasteiger partial charge is 0.206 e. The maximum absolute atomic E-state index is 6.34. The van der Waals surface area contributed by atoms with E-state index in [1.54, 1.807) is 6.26 Å². The summed E-state index contributed by atoms with van der Waals surface area (Å²) in [7, 11) is -1.88. The predicted molar refractivity (Wildman–Crippen MR) is 198 cm³/mol. The van der Waals surface area contributed by atoms with Crippen molar-refractivity contribution >= 4 is 18.8 Å². The summed E-state index contributed by atoms with van der Waals surface area (Å²) in [5, 5.41) is 2.41. The Labute approximate surface area is 282 Å². The van der Waals surface area contributed by atoms with Crippen LogP contribution in [0.4, 0.5) is 0 Å². The lowest BCUT2D eigenvalue weighted by Gasteiger charge is -2.24. The molecule has 0 spiro atoms. The summed E-state index contributed by atoms with van der Waals surface area (Å²) in [6.45, 7) is 15.5. The maximum atomic E-state index is 6.34. The van der Waals surface area contributed by atoms with E-state index in [0.29, 0.717) is 0 Å². The predicted octanol–water partition coefficient (Wildman–Crippen LogP) is 12.1. The molecule has 4 nitrogen and oxygen atoms in total. The van der Waals surface area contributed by atoms with Crippen LogP contribution in [0.15, 0.2) is 72.5 Å². The normalized spacial score (nSPS) is 11.1. The van der Waals surface area contributed by atoms with E-state index in [1.807, 2.05) is 31.2 Å². The molecule has 4 heterocycles. The molecule has 0 atom stereocenters. The highest BCUT2D eigenvalue weighted by Crippen LogP contribution is 2.20. The van der Waals surface area contributed by atoms with Crippen LogP contribution in [0.25, 0.3) is 0 Å². The number of aryl methyl sites for hydroxylation is 4. The summed E-state index contributed by atoms with van der Waals surface area (Å²) < 4.78 is 23.3. The zero-order valence-electron chi connectivity index (χ0n) is 30.4. The monoisotopic (exact) mass is 649 g/mol. The Bertz CT molecular complexity index is 1190. The SMILES string of the molecule is CCCCCc1ccc([Si](CC)(CC)c2ccc(CCCCC)o2)o1.CCCCCc1ccco1.CCC[CH+]Cc1ccc(C)o1. The van der Waals surface area contributed by atoms with Gasteiger partial charge in [0.2, 0.25) is 8.07 Å². The zero-order chi connectivity index (χ0) is 33.5.